The van der Waals surface area contributed by atoms with Crippen LogP contribution in [0, 0.1) is 5.92 Å². The summed E-state index contributed by atoms with van der Waals surface area (Å²) in [7, 11) is 2.13. The van der Waals surface area contributed by atoms with Gasteiger partial charge in [-0.15, -0.1) is 10.2 Å². The van der Waals surface area contributed by atoms with Crippen LogP contribution in [0.2, 0.25) is 0 Å². The number of nitrogens with one attached hydrogen (secondary N) is 2. The van der Waals surface area contributed by atoms with E-state index < -0.39 is 0 Å². The molecule has 6 nitrogen and oxygen atoms in total. The van der Waals surface area contributed by atoms with Crippen LogP contribution in [0.4, 0.5) is 0 Å². The van der Waals surface area contributed by atoms with Gasteiger partial charge < -0.3 is 14.9 Å². The summed E-state index contributed by atoms with van der Waals surface area (Å²) in [4.78, 5) is 6.10. The Hall–Kier alpha value is -2.18. The summed E-state index contributed by atoms with van der Waals surface area (Å²) in [5, 5.41) is 13.9. The highest BCUT2D eigenvalue weighted by Gasteiger charge is 2.23. The molecule has 6 heteroatoms. The van der Waals surface area contributed by atoms with E-state index in [1.807, 2.05) is 0 Å². The monoisotopic (exact) mass is 364 g/mol. The molecule has 0 aliphatic carbocycles. The maximum absolute atomic E-state index is 4.52. The molecule has 0 saturated carbocycles. The second kappa shape index (κ2) is 7.09. The molecule has 0 unspecified atom stereocenters. The SMILES string of the molecule is Cn1c(CC2CCNCC2)nnc1CN1CCc2c([nH]c3ccccc23)C1. The summed E-state index contributed by atoms with van der Waals surface area (Å²) in [5.74, 6) is 2.96. The fourth-order valence-corrected chi connectivity index (χ4v) is 4.64. The fourth-order valence-electron chi connectivity index (χ4n) is 4.64. The Bertz CT molecular complexity index is 933. The standard InChI is InChI=1S/C21H28N6/c1-26-20(12-15-6-9-22-10-7-15)24-25-21(26)14-27-11-8-17-16-4-2-3-5-18(16)23-19(17)13-27/h2-5,15,22-23H,6-14H2,1H3. The number of nitrogens with zero attached hydrogens (tertiary/aromatic N) is 4. The van der Waals surface area contributed by atoms with Gasteiger partial charge in [-0.1, -0.05) is 18.2 Å². The van der Waals surface area contributed by atoms with Crippen LogP contribution in [0.15, 0.2) is 24.3 Å². The zero-order chi connectivity index (χ0) is 18.2. The van der Waals surface area contributed by atoms with Crippen molar-refractivity contribution in [2.45, 2.75) is 38.8 Å². The lowest BCUT2D eigenvalue weighted by atomic mass is 9.94. The lowest BCUT2D eigenvalue weighted by Gasteiger charge is -2.26. The Morgan fingerprint density at radius 1 is 1.11 bits per heavy atom. The van der Waals surface area contributed by atoms with Crippen molar-refractivity contribution in [3.63, 3.8) is 0 Å². The molecule has 0 spiro atoms. The van der Waals surface area contributed by atoms with Gasteiger partial charge in [0.05, 0.1) is 6.54 Å². The molecule has 5 rings (SSSR count). The quantitative estimate of drug-likeness (QED) is 0.746. The lowest BCUT2D eigenvalue weighted by Crippen LogP contribution is -2.31. The maximum atomic E-state index is 4.52. The van der Waals surface area contributed by atoms with Crippen LogP contribution < -0.4 is 5.32 Å². The van der Waals surface area contributed by atoms with Crippen LogP contribution in [0.3, 0.4) is 0 Å². The van der Waals surface area contributed by atoms with Crippen LogP contribution in [-0.2, 0) is 33.0 Å². The van der Waals surface area contributed by atoms with E-state index in [9.17, 15) is 0 Å². The van der Waals surface area contributed by atoms with Crippen molar-refractivity contribution in [1.82, 2.24) is 30.0 Å². The molecule has 1 fully saturated rings. The molecule has 3 aromatic rings. The molecule has 1 aromatic carbocycles. The van der Waals surface area contributed by atoms with Gasteiger partial charge in [0.1, 0.15) is 11.6 Å². The number of fused-ring (bicyclic) bond motifs is 3. The summed E-state index contributed by atoms with van der Waals surface area (Å²) >= 11 is 0. The maximum Gasteiger partial charge on any atom is 0.146 e. The Morgan fingerprint density at radius 3 is 2.81 bits per heavy atom. The number of aromatic amines is 1. The highest BCUT2D eigenvalue weighted by molar-refractivity contribution is 5.84. The van der Waals surface area contributed by atoms with Gasteiger partial charge in [0.15, 0.2) is 0 Å². The summed E-state index contributed by atoms with van der Waals surface area (Å²) in [6.45, 7) is 5.17. The van der Waals surface area contributed by atoms with Crippen LogP contribution >= 0.6 is 0 Å². The second-order valence-corrected chi connectivity index (χ2v) is 8.08. The van der Waals surface area contributed by atoms with Crippen molar-refractivity contribution in [3.8, 4) is 0 Å². The van der Waals surface area contributed by atoms with Crippen molar-refractivity contribution in [3.05, 3.63) is 47.2 Å². The number of H-pyrrole nitrogens is 1. The van der Waals surface area contributed by atoms with E-state index in [-0.39, 0.29) is 0 Å². The predicted molar refractivity (Wildman–Crippen MR) is 106 cm³/mol. The van der Waals surface area contributed by atoms with Crippen molar-refractivity contribution >= 4 is 10.9 Å². The minimum atomic E-state index is 0.742. The van der Waals surface area contributed by atoms with Gasteiger partial charge in [-0.3, -0.25) is 4.90 Å². The first-order valence-electron chi connectivity index (χ1n) is 10.2. The molecule has 0 amide bonds. The summed E-state index contributed by atoms with van der Waals surface area (Å²) in [5.41, 5.74) is 4.11. The minimum Gasteiger partial charge on any atom is -0.357 e. The molecule has 2 aliphatic heterocycles. The van der Waals surface area contributed by atoms with E-state index in [0.717, 1.165) is 63.1 Å². The Kier molecular flexibility index (Phi) is 4.45. The van der Waals surface area contributed by atoms with Gasteiger partial charge in [0.25, 0.3) is 0 Å². The van der Waals surface area contributed by atoms with Gasteiger partial charge in [0, 0.05) is 43.2 Å². The topological polar surface area (TPSA) is 61.8 Å². The largest absolute Gasteiger partial charge is 0.357 e. The van der Waals surface area contributed by atoms with E-state index in [4.69, 9.17) is 0 Å². The normalized spacial score (nSPS) is 18.9. The van der Waals surface area contributed by atoms with E-state index in [1.54, 1.807) is 0 Å². The van der Waals surface area contributed by atoms with Crippen LogP contribution in [0.1, 0.15) is 35.7 Å². The molecular formula is C21H28N6. The highest BCUT2D eigenvalue weighted by atomic mass is 15.3. The molecule has 0 bridgehead atoms. The first-order chi connectivity index (χ1) is 13.3. The number of hydrogen-bond acceptors (Lipinski definition) is 4. The number of rotatable bonds is 4. The van der Waals surface area contributed by atoms with Gasteiger partial charge in [-0.2, -0.15) is 0 Å². The van der Waals surface area contributed by atoms with E-state index >= 15 is 0 Å². The zero-order valence-electron chi connectivity index (χ0n) is 16.0. The van der Waals surface area contributed by atoms with Gasteiger partial charge in [-0.05, 0) is 49.9 Å². The van der Waals surface area contributed by atoms with Crippen molar-refractivity contribution in [2.24, 2.45) is 13.0 Å². The molecule has 27 heavy (non-hydrogen) atoms. The van der Waals surface area contributed by atoms with Gasteiger partial charge in [0.2, 0.25) is 0 Å². The predicted octanol–water partition coefficient (Wildman–Crippen LogP) is 2.40. The molecule has 4 heterocycles. The lowest BCUT2D eigenvalue weighted by molar-refractivity contribution is 0.234. The summed E-state index contributed by atoms with van der Waals surface area (Å²) in [6, 6.07) is 8.64. The Labute approximate surface area is 160 Å². The Balaban J connectivity index is 1.28. The number of piperidine rings is 1. The van der Waals surface area contributed by atoms with Crippen LogP contribution in [0.5, 0.6) is 0 Å². The van der Waals surface area contributed by atoms with Crippen molar-refractivity contribution < 1.29 is 0 Å². The first kappa shape index (κ1) is 17.0. The van der Waals surface area contributed by atoms with E-state index in [1.165, 1.54) is 35.0 Å². The average Bonchev–Trinajstić information content (AvgIpc) is 3.23. The summed E-state index contributed by atoms with van der Waals surface area (Å²) < 4.78 is 2.22. The molecular weight excluding hydrogens is 336 g/mol. The van der Waals surface area contributed by atoms with E-state index in [2.05, 4.69) is 61.3 Å². The highest BCUT2D eigenvalue weighted by Crippen LogP contribution is 2.28. The minimum absolute atomic E-state index is 0.742. The number of para-hydroxylation sites is 1. The summed E-state index contributed by atoms with van der Waals surface area (Å²) in [6.07, 6.45) is 4.64. The third-order valence-corrected chi connectivity index (χ3v) is 6.31. The molecule has 1 saturated heterocycles. The van der Waals surface area contributed by atoms with Crippen LogP contribution in [0.25, 0.3) is 10.9 Å². The third-order valence-electron chi connectivity index (χ3n) is 6.31. The Morgan fingerprint density at radius 2 is 1.93 bits per heavy atom. The molecule has 142 valence electrons. The smallest absolute Gasteiger partial charge is 0.146 e. The van der Waals surface area contributed by atoms with Crippen molar-refractivity contribution in [2.75, 3.05) is 19.6 Å². The fraction of sp³-hybridized carbons (Fsp3) is 0.524. The van der Waals surface area contributed by atoms with Gasteiger partial charge in [-0.25, -0.2) is 0 Å². The number of benzene rings is 1. The molecule has 2 aliphatic rings. The van der Waals surface area contributed by atoms with Crippen molar-refractivity contribution in [1.29, 1.82) is 0 Å². The molecule has 2 aromatic heterocycles. The zero-order valence-corrected chi connectivity index (χ0v) is 16.0. The number of aromatic nitrogens is 4. The van der Waals surface area contributed by atoms with E-state index in [0.29, 0.717) is 0 Å². The second-order valence-electron chi connectivity index (χ2n) is 8.08. The molecule has 2 N–H and O–H groups in total. The molecule has 0 atom stereocenters. The number of hydrogen-bond donors (Lipinski definition) is 2. The van der Waals surface area contributed by atoms with Gasteiger partial charge >= 0.3 is 0 Å². The third kappa shape index (κ3) is 3.28. The first-order valence-corrected chi connectivity index (χ1v) is 10.2. The van der Waals surface area contributed by atoms with Crippen LogP contribution in [-0.4, -0.2) is 44.3 Å². The average molecular weight is 364 g/mol. The molecule has 0 radical (unpaired) electrons.